The summed E-state index contributed by atoms with van der Waals surface area (Å²) in [6, 6.07) is 0.103. The molecule has 0 heterocycles. The van der Waals surface area contributed by atoms with Gasteiger partial charge in [-0.1, -0.05) is 0 Å². The minimum absolute atomic E-state index is 0.103. The first kappa shape index (κ1) is 10.8. The Morgan fingerprint density at radius 1 is 1.36 bits per heavy atom. The summed E-state index contributed by atoms with van der Waals surface area (Å²) in [4.78, 5) is 0. The summed E-state index contributed by atoms with van der Waals surface area (Å²) in [7, 11) is -4.33. The van der Waals surface area contributed by atoms with Gasteiger partial charge in [-0.05, 0) is 20.8 Å². The van der Waals surface area contributed by atoms with Crippen LogP contribution in [0.15, 0.2) is 0 Å². The van der Waals surface area contributed by atoms with Crippen molar-refractivity contribution in [3.8, 4) is 0 Å². The maximum atomic E-state index is 10.1. The molecular weight excluding hydrogens is 170 g/mol. The maximum absolute atomic E-state index is 10.1. The highest BCUT2D eigenvalue weighted by molar-refractivity contribution is 7.80. The van der Waals surface area contributed by atoms with E-state index in [4.69, 9.17) is 4.55 Å². The molecule has 0 bridgehead atoms. The lowest BCUT2D eigenvalue weighted by atomic mass is 10.4. The fraction of sp³-hybridized carbons (Fsp3) is 1.00. The lowest BCUT2D eigenvalue weighted by Gasteiger charge is -2.14. The van der Waals surface area contributed by atoms with Crippen molar-refractivity contribution in [3.05, 3.63) is 0 Å². The minimum atomic E-state index is -4.33. The zero-order valence-electron chi connectivity index (χ0n) is 6.73. The Morgan fingerprint density at radius 2 is 1.82 bits per heavy atom. The molecule has 0 saturated carbocycles. The highest BCUT2D eigenvalue weighted by atomic mass is 32.3. The average Bonchev–Trinajstić information content (AvgIpc) is 1.53. The zero-order valence-corrected chi connectivity index (χ0v) is 7.55. The van der Waals surface area contributed by atoms with Crippen LogP contribution in [0.2, 0.25) is 0 Å². The number of nitrogens with one attached hydrogen (secondary N) is 1. The van der Waals surface area contributed by atoms with E-state index >= 15 is 0 Å². The van der Waals surface area contributed by atoms with Gasteiger partial charge in [0.2, 0.25) is 0 Å². The monoisotopic (exact) mass is 183 g/mol. The Morgan fingerprint density at radius 3 is 2.09 bits per heavy atom. The minimum Gasteiger partial charge on any atom is -0.289 e. The second-order valence-corrected chi connectivity index (χ2v) is 3.54. The van der Waals surface area contributed by atoms with Crippen LogP contribution in [-0.4, -0.2) is 25.2 Å². The first-order valence-corrected chi connectivity index (χ1v) is 4.59. The third-order valence-corrected chi connectivity index (χ3v) is 1.37. The van der Waals surface area contributed by atoms with E-state index in [9.17, 15) is 8.42 Å². The molecule has 0 spiro atoms. The highest BCUT2D eigenvalue weighted by Gasteiger charge is 2.11. The topological polar surface area (TPSA) is 75.6 Å². The smallest absolute Gasteiger partial charge is 0.289 e. The predicted octanol–water partition coefficient (Wildman–Crippen LogP) is 0.150. The first-order chi connectivity index (χ1) is 4.81. The summed E-state index contributed by atoms with van der Waals surface area (Å²) in [5, 5.41) is 2.74. The molecule has 0 aromatic carbocycles. The summed E-state index contributed by atoms with van der Waals surface area (Å²) in [5.41, 5.74) is 0. The van der Waals surface area contributed by atoms with Crippen molar-refractivity contribution in [2.45, 2.75) is 33.0 Å². The molecule has 2 N–H and O–H groups in total. The van der Waals surface area contributed by atoms with Gasteiger partial charge >= 0.3 is 10.4 Å². The fourth-order valence-electron chi connectivity index (χ4n) is 0.680. The van der Waals surface area contributed by atoms with E-state index in [0.29, 0.717) is 0 Å². The quantitative estimate of drug-likeness (QED) is 0.479. The fourth-order valence-corrected chi connectivity index (χ4v) is 1.10. The van der Waals surface area contributed by atoms with Gasteiger partial charge in [0.05, 0.1) is 0 Å². The number of hydrogen-bond acceptors (Lipinski definition) is 4. The van der Waals surface area contributed by atoms with Gasteiger partial charge in [-0.15, -0.1) is 0 Å². The van der Waals surface area contributed by atoms with Crippen LogP contribution in [0.5, 0.6) is 0 Å². The van der Waals surface area contributed by atoms with Crippen LogP contribution in [0.4, 0.5) is 0 Å². The van der Waals surface area contributed by atoms with Crippen molar-refractivity contribution in [2.75, 3.05) is 0 Å². The Kier molecular flexibility index (Phi) is 3.95. The summed E-state index contributed by atoms with van der Waals surface area (Å²) >= 11 is 0. The molecule has 5 nitrogen and oxygen atoms in total. The maximum Gasteiger partial charge on any atom is 0.398 e. The van der Waals surface area contributed by atoms with E-state index in [1.165, 1.54) is 6.92 Å². The largest absolute Gasteiger partial charge is 0.398 e. The van der Waals surface area contributed by atoms with Crippen LogP contribution in [0.25, 0.3) is 0 Å². The average molecular weight is 183 g/mol. The van der Waals surface area contributed by atoms with E-state index in [1.807, 2.05) is 13.8 Å². The molecular formula is C5H13NO4S. The lowest BCUT2D eigenvalue weighted by molar-refractivity contribution is 0.157. The molecule has 0 aliphatic rings. The van der Waals surface area contributed by atoms with E-state index < -0.39 is 16.6 Å². The molecule has 0 aromatic rings. The predicted molar refractivity (Wildman–Crippen MR) is 40.4 cm³/mol. The Bertz CT molecular complexity index is 199. The molecule has 0 fully saturated rings. The molecule has 1 atom stereocenters. The van der Waals surface area contributed by atoms with Gasteiger partial charge < -0.3 is 0 Å². The molecule has 0 amide bonds. The van der Waals surface area contributed by atoms with Gasteiger partial charge in [0, 0.05) is 6.04 Å². The summed E-state index contributed by atoms with van der Waals surface area (Å²) in [5.74, 6) is 0. The molecule has 1 unspecified atom stereocenters. The molecule has 68 valence electrons. The third kappa shape index (κ3) is 7.73. The van der Waals surface area contributed by atoms with Crippen molar-refractivity contribution < 1.29 is 17.2 Å². The second-order valence-electron chi connectivity index (χ2n) is 2.49. The number of hydrogen-bond donors (Lipinski definition) is 2. The summed E-state index contributed by atoms with van der Waals surface area (Å²) in [6.07, 6.45) is -0.704. The first-order valence-electron chi connectivity index (χ1n) is 3.23. The molecule has 0 saturated heterocycles. The molecule has 11 heavy (non-hydrogen) atoms. The second kappa shape index (κ2) is 4.01. The Hall–Kier alpha value is -0.170. The van der Waals surface area contributed by atoms with E-state index in [1.54, 1.807) is 0 Å². The van der Waals surface area contributed by atoms with Crippen molar-refractivity contribution in [1.29, 1.82) is 0 Å². The summed E-state index contributed by atoms with van der Waals surface area (Å²) < 4.78 is 32.6. The summed E-state index contributed by atoms with van der Waals surface area (Å²) in [6.45, 7) is 5.17. The van der Waals surface area contributed by atoms with Crippen molar-refractivity contribution in [3.63, 3.8) is 0 Å². The van der Waals surface area contributed by atoms with Gasteiger partial charge in [-0.25, -0.2) is 4.18 Å². The van der Waals surface area contributed by atoms with Crippen LogP contribution in [0.3, 0.4) is 0 Å². The standard InChI is InChI=1S/C5H13NO4S/c1-4(2)6-5(3)10-11(7,8)9/h4-6H,1-3H3,(H,7,8,9). The van der Waals surface area contributed by atoms with Gasteiger partial charge in [0.15, 0.2) is 0 Å². The third-order valence-electron chi connectivity index (χ3n) is 0.834. The van der Waals surface area contributed by atoms with Gasteiger partial charge in [0.25, 0.3) is 0 Å². The van der Waals surface area contributed by atoms with Gasteiger partial charge in [0.1, 0.15) is 6.23 Å². The van der Waals surface area contributed by atoms with Crippen molar-refractivity contribution >= 4 is 10.4 Å². The Labute approximate surface area is 66.7 Å². The molecule has 0 aliphatic carbocycles. The van der Waals surface area contributed by atoms with E-state index in [2.05, 4.69) is 9.50 Å². The zero-order chi connectivity index (χ0) is 9.07. The van der Waals surface area contributed by atoms with Crippen LogP contribution >= 0.6 is 0 Å². The SMILES string of the molecule is CC(C)NC(C)OS(=O)(=O)O. The molecule has 6 heteroatoms. The van der Waals surface area contributed by atoms with E-state index in [0.717, 1.165) is 0 Å². The van der Waals surface area contributed by atoms with Gasteiger partial charge in [-0.2, -0.15) is 8.42 Å². The highest BCUT2D eigenvalue weighted by Crippen LogP contribution is 1.93. The Balaban J connectivity index is 3.80. The molecule has 0 rings (SSSR count). The molecule has 0 radical (unpaired) electrons. The normalized spacial score (nSPS) is 15.4. The number of rotatable bonds is 4. The van der Waals surface area contributed by atoms with Crippen LogP contribution in [0, 0.1) is 0 Å². The van der Waals surface area contributed by atoms with Crippen LogP contribution < -0.4 is 5.32 Å². The van der Waals surface area contributed by atoms with Crippen LogP contribution in [0.1, 0.15) is 20.8 Å². The lowest BCUT2D eigenvalue weighted by Crippen LogP contribution is -2.35. The molecule has 0 aliphatic heterocycles. The van der Waals surface area contributed by atoms with E-state index in [-0.39, 0.29) is 6.04 Å². The molecule has 0 aromatic heterocycles. The van der Waals surface area contributed by atoms with Crippen molar-refractivity contribution in [2.24, 2.45) is 0 Å². The van der Waals surface area contributed by atoms with Gasteiger partial charge in [-0.3, -0.25) is 9.87 Å². The van der Waals surface area contributed by atoms with Crippen LogP contribution in [-0.2, 0) is 14.6 Å². The van der Waals surface area contributed by atoms with Crippen molar-refractivity contribution in [1.82, 2.24) is 5.32 Å².